The molecule has 0 atom stereocenters. The standard InChI is InChI=1S/C12H17ClO3S/c1-12(2,14)8-7-10-3-5-11(6-4-10)9-17(13,15)16/h3-6,14H,7-9H2,1-2H3. The van der Waals surface area contributed by atoms with Crippen LogP contribution in [-0.4, -0.2) is 19.1 Å². The minimum Gasteiger partial charge on any atom is -0.390 e. The Balaban J connectivity index is 2.63. The quantitative estimate of drug-likeness (QED) is 0.841. The Morgan fingerprint density at radius 3 is 2.06 bits per heavy atom. The van der Waals surface area contributed by atoms with Gasteiger partial charge in [-0.25, -0.2) is 8.42 Å². The highest BCUT2D eigenvalue weighted by Gasteiger charge is 2.12. The summed E-state index contributed by atoms with van der Waals surface area (Å²) in [4.78, 5) is 0. The number of aliphatic hydroxyl groups is 1. The lowest BCUT2D eigenvalue weighted by molar-refractivity contribution is 0.0714. The third kappa shape index (κ3) is 6.66. The van der Waals surface area contributed by atoms with E-state index in [1.54, 1.807) is 26.0 Å². The summed E-state index contributed by atoms with van der Waals surface area (Å²) in [7, 11) is 1.67. The molecule has 0 spiro atoms. The third-order valence-corrected chi connectivity index (χ3v) is 3.39. The van der Waals surface area contributed by atoms with Gasteiger partial charge in [0.05, 0.1) is 11.4 Å². The zero-order valence-corrected chi connectivity index (χ0v) is 11.6. The molecule has 0 unspecified atom stereocenters. The number of hydrogen-bond acceptors (Lipinski definition) is 3. The number of hydrogen-bond donors (Lipinski definition) is 1. The van der Waals surface area contributed by atoms with Crippen LogP contribution in [0.2, 0.25) is 0 Å². The van der Waals surface area contributed by atoms with Gasteiger partial charge in [-0.2, -0.15) is 0 Å². The second kappa shape index (κ2) is 5.38. The largest absolute Gasteiger partial charge is 0.390 e. The molecule has 0 saturated carbocycles. The Hall–Kier alpha value is -0.580. The molecule has 0 aromatic heterocycles. The average molecular weight is 277 g/mol. The molecule has 0 aliphatic rings. The van der Waals surface area contributed by atoms with Gasteiger partial charge in [0.1, 0.15) is 0 Å². The molecular formula is C12H17ClO3S. The maximum Gasteiger partial charge on any atom is 0.236 e. The summed E-state index contributed by atoms with van der Waals surface area (Å²) in [5.74, 6) is -0.152. The van der Waals surface area contributed by atoms with Gasteiger partial charge in [0, 0.05) is 10.7 Å². The first-order chi connectivity index (χ1) is 7.66. The van der Waals surface area contributed by atoms with E-state index >= 15 is 0 Å². The predicted molar refractivity (Wildman–Crippen MR) is 69.5 cm³/mol. The van der Waals surface area contributed by atoms with Crippen molar-refractivity contribution in [3.63, 3.8) is 0 Å². The zero-order valence-electron chi connectivity index (χ0n) is 9.98. The molecule has 0 radical (unpaired) electrons. The molecule has 1 rings (SSSR count). The average Bonchev–Trinajstić information content (AvgIpc) is 2.13. The highest BCUT2D eigenvalue weighted by atomic mass is 35.7. The normalized spacial score (nSPS) is 12.7. The number of benzene rings is 1. The fourth-order valence-electron chi connectivity index (χ4n) is 1.45. The van der Waals surface area contributed by atoms with Gasteiger partial charge in [-0.3, -0.25) is 0 Å². The van der Waals surface area contributed by atoms with E-state index < -0.39 is 14.7 Å². The third-order valence-electron chi connectivity index (χ3n) is 2.39. The molecule has 0 bridgehead atoms. The molecule has 0 saturated heterocycles. The fraction of sp³-hybridized carbons (Fsp3) is 0.500. The van der Waals surface area contributed by atoms with Crippen LogP contribution in [0.4, 0.5) is 0 Å². The lowest BCUT2D eigenvalue weighted by atomic mass is 9.98. The number of aryl methyl sites for hydroxylation is 1. The summed E-state index contributed by atoms with van der Waals surface area (Å²) in [5.41, 5.74) is 1.06. The summed E-state index contributed by atoms with van der Waals surface area (Å²) in [6.07, 6.45) is 1.43. The molecule has 0 aliphatic heterocycles. The van der Waals surface area contributed by atoms with E-state index in [1.807, 2.05) is 12.1 Å². The summed E-state index contributed by atoms with van der Waals surface area (Å²) in [6, 6.07) is 7.23. The molecule has 17 heavy (non-hydrogen) atoms. The summed E-state index contributed by atoms with van der Waals surface area (Å²) in [5, 5.41) is 9.59. The van der Waals surface area contributed by atoms with Crippen molar-refractivity contribution >= 4 is 19.7 Å². The molecule has 3 nitrogen and oxygen atoms in total. The van der Waals surface area contributed by atoms with Crippen LogP contribution in [0, 0.1) is 0 Å². The minimum absolute atomic E-state index is 0.152. The van der Waals surface area contributed by atoms with Crippen LogP contribution in [0.25, 0.3) is 0 Å². The highest BCUT2D eigenvalue weighted by Crippen LogP contribution is 2.15. The van der Waals surface area contributed by atoms with Crippen molar-refractivity contribution in [3.8, 4) is 0 Å². The summed E-state index contributed by atoms with van der Waals surface area (Å²) < 4.78 is 21.8. The Bertz CT molecular complexity index is 458. The van der Waals surface area contributed by atoms with Gasteiger partial charge in [0.25, 0.3) is 0 Å². The monoisotopic (exact) mass is 276 g/mol. The van der Waals surface area contributed by atoms with E-state index in [0.717, 1.165) is 12.0 Å². The Kier molecular flexibility index (Phi) is 4.58. The summed E-state index contributed by atoms with van der Waals surface area (Å²) in [6.45, 7) is 3.53. The van der Waals surface area contributed by atoms with Crippen LogP contribution in [0.3, 0.4) is 0 Å². The van der Waals surface area contributed by atoms with Crippen LogP contribution in [0.15, 0.2) is 24.3 Å². The second-order valence-electron chi connectivity index (χ2n) is 4.81. The molecule has 0 aliphatic carbocycles. The predicted octanol–water partition coefficient (Wildman–Crippen LogP) is 2.46. The Labute approximate surface area is 107 Å². The SMILES string of the molecule is CC(C)(O)CCc1ccc(CS(=O)(=O)Cl)cc1. The smallest absolute Gasteiger partial charge is 0.236 e. The fourth-order valence-corrected chi connectivity index (χ4v) is 2.42. The molecule has 0 amide bonds. The van der Waals surface area contributed by atoms with Gasteiger partial charge in [-0.15, -0.1) is 0 Å². The van der Waals surface area contributed by atoms with Crippen LogP contribution in [0.5, 0.6) is 0 Å². The topological polar surface area (TPSA) is 54.4 Å². The van der Waals surface area contributed by atoms with Crippen molar-refractivity contribution in [1.29, 1.82) is 0 Å². The van der Waals surface area contributed by atoms with E-state index in [-0.39, 0.29) is 5.75 Å². The summed E-state index contributed by atoms with van der Waals surface area (Å²) >= 11 is 0. The van der Waals surface area contributed by atoms with Crippen LogP contribution >= 0.6 is 10.7 Å². The lowest BCUT2D eigenvalue weighted by Gasteiger charge is -2.16. The Morgan fingerprint density at radius 1 is 1.18 bits per heavy atom. The molecule has 1 N–H and O–H groups in total. The van der Waals surface area contributed by atoms with E-state index in [1.165, 1.54) is 0 Å². The lowest BCUT2D eigenvalue weighted by Crippen LogP contribution is -2.19. The highest BCUT2D eigenvalue weighted by molar-refractivity contribution is 8.13. The van der Waals surface area contributed by atoms with Crippen molar-refractivity contribution in [3.05, 3.63) is 35.4 Å². The molecule has 0 heterocycles. The van der Waals surface area contributed by atoms with E-state index in [2.05, 4.69) is 0 Å². The number of halogens is 1. The first-order valence-corrected chi connectivity index (χ1v) is 7.86. The van der Waals surface area contributed by atoms with Crippen LogP contribution in [0.1, 0.15) is 31.4 Å². The van der Waals surface area contributed by atoms with Crippen molar-refractivity contribution in [2.75, 3.05) is 0 Å². The molecule has 5 heteroatoms. The van der Waals surface area contributed by atoms with E-state index in [0.29, 0.717) is 12.0 Å². The van der Waals surface area contributed by atoms with Crippen molar-refractivity contribution in [2.45, 2.75) is 38.0 Å². The molecule has 1 aromatic carbocycles. The van der Waals surface area contributed by atoms with Gasteiger partial charge < -0.3 is 5.11 Å². The second-order valence-corrected chi connectivity index (χ2v) is 7.59. The van der Waals surface area contributed by atoms with Crippen molar-refractivity contribution in [2.24, 2.45) is 0 Å². The first-order valence-electron chi connectivity index (χ1n) is 5.38. The maximum absolute atomic E-state index is 10.9. The van der Waals surface area contributed by atoms with Crippen molar-refractivity contribution < 1.29 is 13.5 Å². The van der Waals surface area contributed by atoms with Crippen molar-refractivity contribution in [1.82, 2.24) is 0 Å². The molecular weight excluding hydrogens is 260 g/mol. The van der Waals surface area contributed by atoms with Gasteiger partial charge >= 0.3 is 0 Å². The molecule has 1 aromatic rings. The van der Waals surface area contributed by atoms with Crippen LogP contribution in [-0.2, 0) is 21.2 Å². The first kappa shape index (κ1) is 14.5. The zero-order chi connectivity index (χ0) is 13.1. The van der Waals surface area contributed by atoms with Gasteiger partial charge in [0.2, 0.25) is 9.05 Å². The van der Waals surface area contributed by atoms with E-state index in [4.69, 9.17) is 10.7 Å². The maximum atomic E-state index is 10.9. The molecule has 96 valence electrons. The molecule has 0 fully saturated rings. The Morgan fingerprint density at radius 2 is 1.65 bits per heavy atom. The number of rotatable bonds is 5. The van der Waals surface area contributed by atoms with Gasteiger partial charge in [-0.1, -0.05) is 24.3 Å². The minimum atomic E-state index is -3.49. The van der Waals surface area contributed by atoms with Gasteiger partial charge in [-0.05, 0) is 37.8 Å². The van der Waals surface area contributed by atoms with Crippen LogP contribution < -0.4 is 0 Å². The van der Waals surface area contributed by atoms with E-state index in [9.17, 15) is 13.5 Å². The van der Waals surface area contributed by atoms with Gasteiger partial charge in [0.15, 0.2) is 0 Å².